The molecule has 160 valence electrons. The average molecular weight is 443 g/mol. The first-order chi connectivity index (χ1) is 13.9. The maximum absolute atomic E-state index is 12.1. The zero-order valence-electron chi connectivity index (χ0n) is 18.1. The van der Waals surface area contributed by atoms with E-state index in [-0.39, 0.29) is 35.3 Å². The molecule has 5 nitrogen and oxygen atoms in total. The van der Waals surface area contributed by atoms with E-state index in [1.165, 1.54) is 51.0 Å². The Labute approximate surface area is 202 Å². The van der Waals surface area contributed by atoms with E-state index in [0.29, 0.717) is 5.75 Å². The number of benzene rings is 2. The first-order valence-corrected chi connectivity index (χ1v) is 11.9. The van der Waals surface area contributed by atoms with E-state index in [9.17, 15) is 13.5 Å². The molecule has 1 N–H and O–H groups in total. The third kappa shape index (κ3) is 9.40. The fraction of sp³-hybridized carbons (Fsp3) is 0.478. The molecule has 0 heterocycles. The quantitative estimate of drug-likeness (QED) is 0.293. The van der Waals surface area contributed by atoms with Gasteiger partial charge in [-0.1, -0.05) is 82.2 Å². The summed E-state index contributed by atoms with van der Waals surface area (Å²) in [7, 11) is -4.41. The van der Waals surface area contributed by atoms with Gasteiger partial charge in [-0.05, 0) is 42.7 Å². The molecule has 0 aromatic heterocycles. The fourth-order valence-electron chi connectivity index (χ4n) is 3.29. The molecule has 0 saturated heterocycles. The molecule has 0 atom stereocenters. The van der Waals surface area contributed by atoms with Crippen molar-refractivity contribution in [1.29, 1.82) is 0 Å². The normalized spacial score (nSPS) is 11.1. The molecule has 2 aromatic carbocycles. The molecular formula is C23H31NaO5S. The molecule has 0 saturated carbocycles. The second-order valence-electron chi connectivity index (χ2n) is 7.37. The largest absolute Gasteiger partial charge is 1.00 e. The molecule has 2 aromatic rings. The van der Waals surface area contributed by atoms with Crippen LogP contribution in [-0.2, 0) is 16.5 Å². The molecule has 0 spiro atoms. The standard InChI is InChI=1S/C23H32O5S.Na/c1-2-3-4-5-6-7-8-9-10-13-19-14-11-12-15-22(19)28-23-17-16-20(18-21(23)24)29(25,26)27;/h11-12,14-18,24H,2-10,13H2,1H3,(H,25,26,27);/q;+1/p-1. The molecule has 0 aliphatic carbocycles. The third-order valence-corrected chi connectivity index (χ3v) is 5.80. The van der Waals surface area contributed by atoms with Crippen LogP contribution >= 0.6 is 0 Å². The molecule has 0 radical (unpaired) electrons. The summed E-state index contributed by atoms with van der Waals surface area (Å²) in [4.78, 5) is -0.433. The van der Waals surface area contributed by atoms with Gasteiger partial charge in [0, 0.05) is 0 Å². The molecule has 0 unspecified atom stereocenters. The van der Waals surface area contributed by atoms with Crippen LogP contribution in [-0.4, -0.2) is 13.0 Å². The van der Waals surface area contributed by atoms with Crippen LogP contribution in [0.1, 0.15) is 70.3 Å². The molecule has 30 heavy (non-hydrogen) atoms. The summed E-state index contributed by atoms with van der Waals surface area (Å²) in [6.45, 7) is 2.23. The Morgan fingerprint density at radius 1 is 0.867 bits per heavy atom. The Kier molecular flexibility index (Phi) is 12.7. The van der Waals surface area contributed by atoms with Crippen LogP contribution in [0.4, 0.5) is 0 Å². The van der Waals surface area contributed by atoms with Crippen LogP contribution in [0.15, 0.2) is 47.4 Å². The van der Waals surface area contributed by atoms with Gasteiger partial charge in [0.1, 0.15) is 11.5 Å². The summed E-state index contributed by atoms with van der Waals surface area (Å²) in [5.41, 5.74) is 1.02. The van der Waals surface area contributed by atoms with Crippen LogP contribution in [0.25, 0.3) is 0 Å². The van der Waals surface area contributed by atoms with Crippen molar-refractivity contribution < 1.29 is 52.4 Å². The predicted octanol–water partition coefficient (Wildman–Crippen LogP) is 2.88. The molecule has 2 rings (SSSR count). The van der Waals surface area contributed by atoms with E-state index in [0.717, 1.165) is 37.0 Å². The van der Waals surface area contributed by atoms with Gasteiger partial charge in [0.15, 0.2) is 0 Å². The van der Waals surface area contributed by atoms with Crippen molar-refractivity contribution in [2.75, 3.05) is 0 Å². The zero-order valence-corrected chi connectivity index (χ0v) is 20.9. The van der Waals surface area contributed by atoms with E-state index < -0.39 is 20.8 Å². The summed E-state index contributed by atoms with van der Waals surface area (Å²) in [6, 6.07) is 10.9. The van der Waals surface area contributed by atoms with Gasteiger partial charge in [-0.25, -0.2) is 0 Å². The number of ether oxygens (including phenoxy) is 1. The molecule has 0 fully saturated rings. The Balaban J connectivity index is 0.00000450. The molecular weight excluding hydrogens is 411 g/mol. The number of rotatable bonds is 13. The van der Waals surface area contributed by atoms with E-state index in [4.69, 9.17) is 9.29 Å². The van der Waals surface area contributed by atoms with Crippen LogP contribution in [0.3, 0.4) is 0 Å². The second kappa shape index (κ2) is 14.1. The topological polar surface area (TPSA) is 86.7 Å². The van der Waals surface area contributed by atoms with Crippen molar-refractivity contribution >= 4 is 10.1 Å². The predicted molar refractivity (Wildman–Crippen MR) is 113 cm³/mol. The van der Waals surface area contributed by atoms with Crippen molar-refractivity contribution in [3.05, 3.63) is 48.0 Å². The minimum atomic E-state index is -4.41. The van der Waals surface area contributed by atoms with Gasteiger partial charge in [0.25, 0.3) is 10.1 Å². The number of hydrogen-bond acceptors (Lipinski definition) is 4. The summed E-state index contributed by atoms with van der Waals surface area (Å²) in [6.07, 6.45) is 12.2. The number of aryl methyl sites for hydroxylation is 1. The first-order valence-electron chi connectivity index (χ1n) is 10.5. The molecule has 0 aliphatic rings. The van der Waals surface area contributed by atoms with Crippen molar-refractivity contribution in [3.63, 3.8) is 0 Å². The van der Waals surface area contributed by atoms with E-state index in [1.54, 1.807) is 6.07 Å². The molecule has 0 amide bonds. The zero-order chi connectivity index (χ0) is 21.1. The summed E-state index contributed by atoms with van der Waals surface area (Å²) >= 11 is 0. The summed E-state index contributed by atoms with van der Waals surface area (Å²) in [5.74, 6) is 0.0544. The smallest absolute Gasteiger partial charge is 0.870 e. The Bertz CT molecular complexity index is 868. The molecule has 0 bridgehead atoms. The number of unbranched alkanes of at least 4 members (excludes halogenated alkanes) is 8. The molecule has 0 aliphatic heterocycles. The maximum atomic E-state index is 12.1. The average Bonchev–Trinajstić information content (AvgIpc) is 2.68. The van der Waals surface area contributed by atoms with Gasteiger partial charge < -0.3 is 9.84 Å². The number of hydrogen-bond donors (Lipinski definition) is 1. The van der Waals surface area contributed by atoms with Gasteiger partial charge in [-0.3, -0.25) is 4.55 Å². The van der Waals surface area contributed by atoms with Crippen molar-refractivity contribution in [3.8, 4) is 17.2 Å². The van der Waals surface area contributed by atoms with Gasteiger partial charge in [-0.15, -0.1) is 0 Å². The first kappa shape index (κ1) is 27.0. The van der Waals surface area contributed by atoms with Crippen LogP contribution < -0.4 is 39.4 Å². The minimum absolute atomic E-state index is 0. The van der Waals surface area contributed by atoms with E-state index >= 15 is 0 Å². The Hall–Kier alpha value is -1.05. The van der Waals surface area contributed by atoms with Crippen molar-refractivity contribution in [2.45, 2.75) is 76.0 Å². The van der Waals surface area contributed by atoms with Crippen molar-refractivity contribution in [2.24, 2.45) is 0 Å². The summed E-state index contributed by atoms with van der Waals surface area (Å²) in [5, 5.41) is 12.1. The van der Waals surface area contributed by atoms with E-state index in [1.807, 2.05) is 18.2 Å². The van der Waals surface area contributed by atoms with Crippen LogP contribution in [0, 0.1) is 0 Å². The Morgan fingerprint density at radius 2 is 1.47 bits per heavy atom. The van der Waals surface area contributed by atoms with E-state index in [2.05, 4.69) is 6.92 Å². The minimum Gasteiger partial charge on any atom is -0.870 e. The van der Waals surface area contributed by atoms with Gasteiger partial charge in [-0.2, -0.15) is 8.42 Å². The van der Waals surface area contributed by atoms with Gasteiger partial charge >= 0.3 is 29.6 Å². The van der Waals surface area contributed by atoms with Crippen LogP contribution in [0.5, 0.6) is 17.2 Å². The monoisotopic (exact) mass is 442 g/mol. The SMILES string of the molecule is CCCCCCCCCCCc1ccccc1Oc1ccc(S(=O)(=O)O)cc1[O-].[Na+]. The fourth-order valence-corrected chi connectivity index (χ4v) is 3.78. The maximum Gasteiger partial charge on any atom is 1.00 e. The van der Waals surface area contributed by atoms with Gasteiger partial charge in [0.05, 0.1) is 4.90 Å². The number of para-hydroxylation sites is 1. The summed E-state index contributed by atoms with van der Waals surface area (Å²) < 4.78 is 37.1. The third-order valence-electron chi connectivity index (χ3n) is 4.96. The van der Waals surface area contributed by atoms with Gasteiger partial charge in [0.2, 0.25) is 0 Å². The van der Waals surface area contributed by atoms with Crippen molar-refractivity contribution in [1.82, 2.24) is 0 Å². The van der Waals surface area contributed by atoms with Crippen LogP contribution in [0.2, 0.25) is 0 Å². The molecule has 7 heteroatoms. The Morgan fingerprint density at radius 3 is 2.07 bits per heavy atom. The second-order valence-corrected chi connectivity index (χ2v) is 8.79.